The Morgan fingerprint density at radius 3 is 0.941 bits per heavy atom. The van der Waals surface area contributed by atoms with Crippen molar-refractivity contribution in [1.29, 1.82) is 0 Å². The van der Waals surface area contributed by atoms with Gasteiger partial charge in [-0.15, -0.1) is 0 Å². The van der Waals surface area contributed by atoms with Crippen LogP contribution >= 0.6 is 7.82 Å². The number of rotatable bonds is 72. The van der Waals surface area contributed by atoms with E-state index in [0.717, 1.165) is 38.5 Å². The summed E-state index contributed by atoms with van der Waals surface area (Å²) in [6.45, 7) is 4.86. The van der Waals surface area contributed by atoms with E-state index in [1.165, 1.54) is 347 Å². The molecule has 1 amide bonds. The van der Waals surface area contributed by atoms with Gasteiger partial charge in [-0.3, -0.25) is 13.8 Å². The molecule has 3 atom stereocenters. The molecule has 8 nitrogen and oxygen atoms in total. The third-order valence-electron chi connectivity index (χ3n) is 17.9. The molecule has 0 aromatic carbocycles. The molecule has 0 aliphatic rings. The standard InChI is InChI=1S/C76H151N2O6P/c1-6-8-10-12-14-16-18-20-22-24-26-28-30-31-32-33-34-35-36-37-38-39-40-41-42-43-44-45-46-47-48-50-52-54-56-58-60-62-64-66-68-70-76(80)77-74(73-84-85(81,82)83-72-71-78(3,4)5)75(79)69-67-65-63-61-59-57-55-53-51-49-29-27-25-23-21-19-17-15-13-11-9-7-2/h59,61,67,69,74-75,79H,6-58,60,62-66,68,70-73H2,1-5H3,(H-,77,80,81,82)/p+1/b61-59+,69-67+. The number of allylic oxidation sites excluding steroid dienone is 3. The molecule has 0 aromatic rings. The van der Waals surface area contributed by atoms with E-state index in [2.05, 4.69) is 31.3 Å². The van der Waals surface area contributed by atoms with E-state index in [4.69, 9.17) is 9.05 Å². The molecule has 0 aliphatic heterocycles. The van der Waals surface area contributed by atoms with E-state index in [9.17, 15) is 19.4 Å². The lowest BCUT2D eigenvalue weighted by molar-refractivity contribution is -0.870. The summed E-state index contributed by atoms with van der Waals surface area (Å²) in [7, 11) is 1.58. The second kappa shape index (κ2) is 67.4. The number of quaternary nitrogens is 1. The summed E-state index contributed by atoms with van der Waals surface area (Å²) in [6.07, 6.45) is 89.5. The second-order valence-electron chi connectivity index (χ2n) is 27.7. The summed E-state index contributed by atoms with van der Waals surface area (Å²) in [5.41, 5.74) is 0. The van der Waals surface area contributed by atoms with Crippen molar-refractivity contribution in [3.05, 3.63) is 24.3 Å². The molecule has 3 unspecified atom stereocenters. The fourth-order valence-corrected chi connectivity index (χ4v) is 12.7. The molecule has 0 aromatic heterocycles. The molecule has 0 saturated heterocycles. The SMILES string of the molecule is CCCCCCCCCCCCCCCCCC/C=C/CC/C=C/C(O)C(COP(=O)(O)OCC[N+](C)(C)C)NC(=O)CCCCCCCCCCCCCCCCCCCCCCCCCCCCCCCCCCCCCCCCCCC. The van der Waals surface area contributed by atoms with Crippen molar-refractivity contribution in [2.75, 3.05) is 40.9 Å². The number of phosphoric acid groups is 1. The zero-order valence-corrected chi connectivity index (χ0v) is 59.0. The Hall–Kier alpha value is -1.02. The van der Waals surface area contributed by atoms with Crippen LogP contribution in [0.5, 0.6) is 0 Å². The zero-order valence-electron chi connectivity index (χ0n) is 58.1. The van der Waals surface area contributed by atoms with Crippen molar-refractivity contribution < 1.29 is 32.9 Å². The third kappa shape index (κ3) is 70.3. The highest BCUT2D eigenvalue weighted by atomic mass is 31.2. The van der Waals surface area contributed by atoms with Gasteiger partial charge >= 0.3 is 7.82 Å². The van der Waals surface area contributed by atoms with E-state index in [0.29, 0.717) is 17.4 Å². The molecular formula is C76H152N2O6P+. The maximum Gasteiger partial charge on any atom is 0.472 e. The quantitative estimate of drug-likeness (QED) is 0.0243. The van der Waals surface area contributed by atoms with Crippen molar-refractivity contribution >= 4 is 13.7 Å². The number of carbonyl (C=O) groups is 1. The minimum Gasteiger partial charge on any atom is -0.387 e. The molecule has 0 spiro atoms. The van der Waals surface area contributed by atoms with Crippen LogP contribution in [0.25, 0.3) is 0 Å². The van der Waals surface area contributed by atoms with Gasteiger partial charge in [-0.05, 0) is 32.1 Å². The Bertz CT molecular complexity index is 1430. The maximum atomic E-state index is 13.1. The Morgan fingerprint density at radius 1 is 0.388 bits per heavy atom. The van der Waals surface area contributed by atoms with Crippen LogP contribution < -0.4 is 5.32 Å². The first-order chi connectivity index (χ1) is 41.5. The molecule has 0 saturated carbocycles. The predicted octanol–water partition coefficient (Wildman–Crippen LogP) is 24.6. The minimum absolute atomic E-state index is 0.0591. The van der Waals surface area contributed by atoms with E-state index in [1.54, 1.807) is 6.08 Å². The molecular weight excluding hydrogens is 1070 g/mol. The number of carbonyl (C=O) groups excluding carboxylic acids is 1. The first-order valence-electron chi connectivity index (χ1n) is 38.2. The summed E-state index contributed by atoms with van der Waals surface area (Å²) in [4.78, 5) is 23.4. The summed E-state index contributed by atoms with van der Waals surface area (Å²) in [5.74, 6) is -0.177. The highest BCUT2D eigenvalue weighted by molar-refractivity contribution is 7.47. The van der Waals surface area contributed by atoms with Crippen LogP contribution in [0.2, 0.25) is 0 Å². The number of hydrogen-bond donors (Lipinski definition) is 3. The van der Waals surface area contributed by atoms with Crippen molar-refractivity contribution in [3.63, 3.8) is 0 Å². The lowest BCUT2D eigenvalue weighted by Gasteiger charge is -2.25. The maximum absolute atomic E-state index is 13.1. The molecule has 9 heteroatoms. The number of hydrogen-bond acceptors (Lipinski definition) is 5. The van der Waals surface area contributed by atoms with Crippen LogP contribution in [0.4, 0.5) is 0 Å². The van der Waals surface area contributed by atoms with Gasteiger partial charge in [0, 0.05) is 6.42 Å². The molecule has 0 fully saturated rings. The Kier molecular flexibility index (Phi) is 66.6. The topological polar surface area (TPSA) is 105 Å². The van der Waals surface area contributed by atoms with Crippen molar-refractivity contribution in [2.24, 2.45) is 0 Å². The number of likely N-dealkylation sites (N-methyl/N-ethyl adjacent to an activating group) is 1. The first-order valence-corrected chi connectivity index (χ1v) is 39.7. The van der Waals surface area contributed by atoms with Crippen LogP contribution in [-0.2, 0) is 18.4 Å². The number of nitrogens with zero attached hydrogens (tertiary/aromatic N) is 1. The summed E-state index contributed by atoms with van der Waals surface area (Å²) in [6, 6.07) is -0.862. The lowest BCUT2D eigenvalue weighted by Crippen LogP contribution is -2.45. The fraction of sp³-hybridized carbons (Fsp3) is 0.934. The summed E-state index contributed by atoms with van der Waals surface area (Å²) in [5, 5.41) is 14.0. The molecule has 0 radical (unpaired) electrons. The third-order valence-corrected chi connectivity index (χ3v) is 18.9. The number of unbranched alkanes of at least 4 members (excludes halogenated alkanes) is 57. The molecule has 0 bridgehead atoms. The van der Waals surface area contributed by atoms with Gasteiger partial charge in [0.1, 0.15) is 13.2 Å². The first kappa shape index (κ1) is 84.0. The lowest BCUT2D eigenvalue weighted by atomic mass is 10.0. The summed E-state index contributed by atoms with van der Waals surface area (Å²) < 4.78 is 23.8. The average Bonchev–Trinajstić information content (AvgIpc) is 3.52. The molecule has 0 rings (SSSR count). The van der Waals surface area contributed by atoms with Gasteiger partial charge in [0.2, 0.25) is 5.91 Å². The normalized spacial score (nSPS) is 13.6. The van der Waals surface area contributed by atoms with Crippen LogP contribution in [0.1, 0.15) is 406 Å². The fourth-order valence-electron chi connectivity index (χ4n) is 12.0. The van der Waals surface area contributed by atoms with Gasteiger partial charge < -0.3 is 19.8 Å². The van der Waals surface area contributed by atoms with Gasteiger partial charge in [-0.1, -0.05) is 391 Å². The van der Waals surface area contributed by atoms with E-state index < -0.39 is 20.0 Å². The highest BCUT2D eigenvalue weighted by Crippen LogP contribution is 2.43. The predicted molar refractivity (Wildman–Crippen MR) is 374 cm³/mol. The van der Waals surface area contributed by atoms with E-state index in [1.807, 2.05) is 27.2 Å². The largest absolute Gasteiger partial charge is 0.472 e. The van der Waals surface area contributed by atoms with Crippen molar-refractivity contribution in [1.82, 2.24) is 5.32 Å². The van der Waals surface area contributed by atoms with Gasteiger partial charge in [-0.25, -0.2) is 4.57 Å². The molecule has 0 heterocycles. The number of aliphatic hydroxyl groups excluding tert-OH is 1. The number of amides is 1. The van der Waals surface area contributed by atoms with E-state index in [-0.39, 0.29) is 19.1 Å². The number of aliphatic hydroxyl groups is 1. The van der Waals surface area contributed by atoms with Crippen molar-refractivity contribution in [2.45, 2.75) is 418 Å². The molecule has 506 valence electrons. The second-order valence-corrected chi connectivity index (χ2v) is 29.2. The Balaban J connectivity index is 3.89. The summed E-state index contributed by atoms with van der Waals surface area (Å²) >= 11 is 0. The minimum atomic E-state index is -4.36. The van der Waals surface area contributed by atoms with Gasteiger partial charge in [0.05, 0.1) is 39.9 Å². The van der Waals surface area contributed by atoms with Crippen LogP contribution in [-0.4, -0.2) is 73.4 Å². The average molecular weight is 1220 g/mol. The van der Waals surface area contributed by atoms with Gasteiger partial charge in [-0.2, -0.15) is 0 Å². The molecule has 0 aliphatic carbocycles. The number of phosphoric ester groups is 1. The molecule has 85 heavy (non-hydrogen) atoms. The highest BCUT2D eigenvalue weighted by Gasteiger charge is 2.28. The zero-order chi connectivity index (χ0) is 61.9. The number of nitrogens with one attached hydrogen (secondary N) is 1. The Morgan fingerprint density at radius 2 is 0.647 bits per heavy atom. The monoisotopic (exact) mass is 1220 g/mol. The van der Waals surface area contributed by atoms with E-state index >= 15 is 0 Å². The van der Waals surface area contributed by atoms with Gasteiger partial charge in [0.15, 0.2) is 0 Å². The Labute approximate surface area is 532 Å². The van der Waals surface area contributed by atoms with Crippen molar-refractivity contribution in [3.8, 4) is 0 Å². The van der Waals surface area contributed by atoms with Crippen LogP contribution in [0, 0.1) is 0 Å². The van der Waals surface area contributed by atoms with Crippen LogP contribution in [0.15, 0.2) is 24.3 Å². The van der Waals surface area contributed by atoms with Crippen LogP contribution in [0.3, 0.4) is 0 Å². The smallest absolute Gasteiger partial charge is 0.387 e. The molecule has 3 N–H and O–H groups in total. The van der Waals surface area contributed by atoms with Gasteiger partial charge in [0.25, 0.3) is 0 Å².